The lowest BCUT2D eigenvalue weighted by Gasteiger charge is -2.26. The van der Waals surface area contributed by atoms with Crippen LogP contribution in [0.15, 0.2) is 18.2 Å². The molecule has 4 heteroatoms. The Hall–Kier alpha value is -1.55. The first-order valence-electron chi connectivity index (χ1n) is 7.95. The van der Waals surface area contributed by atoms with Crippen molar-refractivity contribution in [3.63, 3.8) is 0 Å². The Morgan fingerprint density at radius 1 is 1.38 bits per heavy atom. The standard InChI is InChI=1S/C17H27N3O/c1-12-4-3-5-14(10-12)8-9-19-17(21)16-7-6-15(20-18)11-13(16)2/h6-7,11-12,14,20H,3-5,8-10,18H2,1-2H3,(H,19,21). The largest absolute Gasteiger partial charge is 0.352 e. The summed E-state index contributed by atoms with van der Waals surface area (Å²) in [5.41, 5.74) is 5.08. The molecule has 0 bridgehead atoms. The molecule has 0 aromatic heterocycles. The first-order chi connectivity index (χ1) is 10.1. The molecule has 116 valence electrons. The first-order valence-corrected chi connectivity index (χ1v) is 7.95. The lowest BCUT2D eigenvalue weighted by Crippen LogP contribution is -2.27. The fraction of sp³-hybridized carbons (Fsp3) is 0.588. The average molecular weight is 289 g/mol. The number of aryl methyl sites for hydroxylation is 1. The topological polar surface area (TPSA) is 67.1 Å². The summed E-state index contributed by atoms with van der Waals surface area (Å²) in [4.78, 5) is 12.2. The summed E-state index contributed by atoms with van der Waals surface area (Å²) in [7, 11) is 0. The SMILES string of the molecule is Cc1cc(NN)ccc1C(=O)NCCC1CCCC(C)C1. The van der Waals surface area contributed by atoms with Crippen molar-refractivity contribution >= 4 is 11.6 Å². The van der Waals surface area contributed by atoms with E-state index in [0.717, 1.165) is 41.6 Å². The number of benzene rings is 1. The Morgan fingerprint density at radius 2 is 2.19 bits per heavy atom. The summed E-state index contributed by atoms with van der Waals surface area (Å²) in [6, 6.07) is 5.53. The molecule has 21 heavy (non-hydrogen) atoms. The van der Waals surface area contributed by atoms with Gasteiger partial charge in [0.1, 0.15) is 0 Å². The average Bonchev–Trinajstić information content (AvgIpc) is 2.47. The number of carbonyl (C=O) groups excluding carboxylic acids is 1. The van der Waals surface area contributed by atoms with Gasteiger partial charge in [-0.05, 0) is 55.4 Å². The van der Waals surface area contributed by atoms with Crippen molar-refractivity contribution in [2.24, 2.45) is 17.7 Å². The summed E-state index contributed by atoms with van der Waals surface area (Å²) < 4.78 is 0. The van der Waals surface area contributed by atoms with Gasteiger partial charge in [-0.15, -0.1) is 0 Å². The normalized spacial score (nSPS) is 21.9. The van der Waals surface area contributed by atoms with Crippen molar-refractivity contribution < 1.29 is 4.79 Å². The number of amides is 1. The molecule has 2 atom stereocenters. The molecule has 0 radical (unpaired) electrons. The van der Waals surface area contributed by atoms with Crippen LogP contribution in [0.5, 0.6) is 0 Å². The van der Waals surface area contributed by atoms with Crippen LogP contribution in [0.1, 0.15) is 54.9 Å². The van der Waals surface area contributed by atoms with Crippen LogP contribution in [0.25, 0.3) is 0 Å². The van der Waals surface area contributed by atoms with Crippen LogP contribution in [0.2, 0.25) is 0 Å². The molecule has 0 heterocycles. The van der Waals surface area contributed by atoms with Crippen LogP contribution in [0.3, 0.4) is 0 Å². The highest BCUT2D eigenvalue weighted by molar-refractivity contribution is 5.96. The summed E-state index contributed by atoms with van der Waals surface area (Å²) in [6.07, 6.45) is 6.43. The van der Waals surface area contributed by atoms with Crippen LogP contribution in [-0.2, 0) is 0 Å². The minimum Gasteiger partial charge on any atom is -0.352 e. The van der Waals surface area contributed by atoms with Gasteiger partial charge in [-0.2, -0.15) is 0 Å². The molecule has 1 aliphatic carbocycles. The molecule has 2 unspecified atom stereocenters. The molecule has 1 saturated carbocycles. The highest BCUT2D eigenvalue weighted by atomic mass is 16.1. The lowest BCUT2D eigenvalue weighted by atomic mass is 9.81. The summed E-state index contributed by atoms with van der Waals surface area (Å²) >= 11 is 0. The second-order valence-corrected chi connectivity index (χ2v) is 6.36. The van der Waals surface area contributed by atoms with Gasteiger partial charge in [0, 0.05) is 17.8 Å². The summed E-state index contributed by atoms with van der Waals surface area (Å²) in [5, 5.41) is 3.05. The van der Waals surface area contributed by atoms with Crippen molar-refractivity contribution in [3.05, 3.63) is 29.3 Å². The molecule has 1 amide bonds. The molecule has 1 aromatic rings. The molecule has 0 saturated heterocycles. The van der Waals surface area contributed by atoms with Crippen molar-refractivity contribution in [1.82, 2.24) is 5.32 Å². The predicted octanol–water partition coefficient (Wildman–Crippen LogP) is 3.23. The van der Waals surface area contributed by atoms with E-state index in [9.17, 15) is 4.79 Å². The van der Waals surface area contributed by atoms with Gasteiger partial charge in [-0.3, -0.25) is 10.6 Å². The second kappa shape index (κ2) is 7.46. The fourth-order valence-corrected chi connectivity index (χ4v) is 3.32. The zero-order valence-corrected chi connectivity index (χ0v) is 13.1. The number of nitrogen functional groups attached to an aromatic ring is 1. The number of rotatable bonds is 5. The van der Waals surface area contributed by atoms with Gasteiger partial charge in [0.2, 0.25) is 0 Å². The molecule has 4 nitrogen and oxygen atoms in total. The third kappa shape index (κ3) is 4.46. The number of nitrogens with two attached hydrogens (primary N) is 1. The van der Waals surface area contributed by atoms with E-state index in [1.165, 1.54) is 25.7 Å². The smallest absolute Gasteiger partial charge is 0.251 e. The Labute approximate surface area is 127 Å². The van der Waals surface area contributed by atoms with E-state index in [-0.39, 0.29) is 5.91 Å². The zero-order valence-electron chi connectivity index (χ0n) is 13.1. The van der Waals surface area contributed by atoms with E-state index < -0.39 is 0 Å². The first kappa shape index (κ1) is 15.8. The van der Waals surface area contributed by atoms with E-state index in [4.69, 9.17) is 5.84 Å². The third-order valence-corrected chi connectivity index (χ3v) is 4.52. The van der Waals surface area contributed by atoms with E-state index >= 15 is 0 Å². The minimum atomic E-state index is 0.0138. The third-order valence-electron chi connectivity index (χ3n) is 4.52. The number of hydrogen-bond acceptors (Lipinski definition) is 3. The maximum Gasteiger partial charge on any atom is 0.251 e. The molecule has 1 fully saturated rings. The molecule has 1 aromatic carbocycles. The van der Waals surface area contributed by atoms with Crippen molar-refractivity contribution in [1.29, 1.82) is 0 Å². The fourth-order valence-electron chi connectivity index (χ4n) is 3.32. The van der Waals surface area contributed by atoms with Gasteiger partial charge in [0.15, 0.2) is 0 Å². The minimum absolute atomic E-state index is 0.0138. The maximum atomic E-state index is 12.2. The van der Waals surface area contributed by atoms with E-state index in [2.05, 4.69) is 17.7 Å². The van der Waals surface area contributed by atoms with Crippen molar-refractivity contribution in [2.75, 3.05) is 12.0 Å². The highest BCUT2D eigenvalue weighted by Gasteiger charge is 2.18. The van der Waals surface area contributed by atoms with Crippen LogP contribution in [0.4, 0.5) is 5.69 Å². The van der Waals surface area contributed by atoms with Gasteiger partial charge in [0.25, 0.3) is 5.91 Å². The molecule has 1 aliphatic rings. The molecule has 0 spiro atoms. The maximum absolute atomic E-state index is 12.2. The number of hydrogen-bond donors (Lipinski definition) is 3. The molecular formula is C17H27N3O. The van der Waals surface area contributed by atoms with Crippen molar-refractivity contribution in [2.45, 2.75) is 46.0 Å². The predicted molar refractivity (Wildman–Crippen MR) is 87.1 cm³/mol. The number of nitrogens with one attached hydrogen (secondary N) is 2. The van der Waals surface area contributed by atoms with E-state index in [1.807, 2.05) is 25.1 Å². The summed E-state index contributed by atoms with van der Waals surface area (Å²) in [6.45, 7) is 5.03. The van der Waals surface area contributed by atoms with Gasteiger partial charge >= 0.3 is 0 Å². The zero-order chi connectivity index (χ0) is 15.2. The summed E-state index contributed by atoms with van der Waals surface area (Å²) in [5.74, 6) is 7.00. The van der Waals surface area contributed by atoms with Gasteiger partial charge < -0.3 is 10.7 Å². The lowest BCUT2D eigenvalue weighted by molar-refractivity contribution is 0.0949. The molecular weight excluding hydrogens is 262 g/mol. The Balaban J connectivity index is 1.81. The molecule has 0 aliphatic heterocycles. The van der Waals surface area contributed by atoms with E-state index in [1.54, 1.807) is 0 Å². The highest BCUT2D eigenvalue weighted by Crippen LogP contribution is 2.30. The van der Waals surface area contributed by atoms with Crippen LogP contribution >= 0.6 is 0 Å². The quantitative estimate of drug-likeness (QED) is 0.576. The molecule has 2 rings (SSSR count). The Kier molecular flexibility index (Phi) is 5.62. The van der Waals surface area contributed by atoms with Crippen LogP contribution in [0, 0.1) is 18.8 Å². The van der Waals surface area contributed by atoms with Gasteiger partial charge in [-0.25, -0.2) is 0 Å². The molecule has 4 N–H and O–H groups in total. The van der Waals surface area contributed by atoms with Crippen LogP contribution < -0.4 is 16.6 Å². The number of anilines is 1. The van der Waals surface area contributed by atoms with Gasteiger partial charge in [0.05, 0.1) is 0 Å². The van der Waals surface area contributed by atoms with Crippen molar-refractivity contribution in [3.8, 4) is 0 Å². The second-order valence-electron chi connectivity index (χ2n) is 6.36. The monoisotopic (exact) mass is 289 g/mol. The number of carbonyl (C=O) groups is 1. The van der Waals surface area contributed by atoms with Crippen LogP contribution in [-0.4, -0.2) is 12.5 Å². The van der Waals surface area contributed by atoms with Gasteiger partial charge in [-0.1, -0.05) is 26.2 Å². The Morgan fingerprint density at radius 3 is 2.86 bits per heavy atom. The number of hydrazine groups is 1. The Bertz CT molecular complexity index is 487. The van der Waals surface area contributed by atoms with E-state index in [0.29, 0.717) is 0 Å².